The van der Waals surface area contributed by atoms with E-state index in [0.29, 0.717) is 16.5 Å². The molecule has 5 rings (SSSR count). The van der Waals surface area contributed by atoms with E-state index in [4.69, 9.17) is 16.3 Å². The van der Waals surface area contributed by atoms with Gasteiger partial charge in [-0.25, -0.2) is 4.31 Å². The zero-order valence-electron chi connectivity index (χ0n) is 18.3. The van der Waals surface area contributed by atoms with Crippen molar-refractivity contribution >= 4 is 29.2 Å². The summed E-state index contributed by atoms with van der Waals surface area (Å²) in [6, 6.07) is 11.2. The van der Waals surface area contributed by atoms with Gasteiger partial charge < -0.3 is 9.64 Å². The van der Waals surface area contributed by atoms with Crippen molar-refractivity contribution < 1.29 is 4.74 Å². The molecule has 3 heterocycles. The molecule has 0 amide bonds. The number of pyridine rings is 1. The highest BCUT2D eigenvalue weighted by Crippen LogP contribution is 2.31. The van der Waals surface area contributed by atoms with E-state index in [0.717, 1.165) is 56.9 Å². The van der Waals surface area contributed by atoms with Gasteiger partial charge >= 0.3 is 5.56 Å². The topological polar surface area (TPSA) is 63.5 Å². The molecule has 0 radical (unpaired) electrons. The van der Waals surface area contributed by atoms with Crippen LogP contribution >= 0.6 is 23.5 Å². The molecule has 0 N–H and O–H groups in total. The maximum Gasteiger partial charge on any atom is 0.316 e. The number of anilines is 1. The number of aromatic nitrogens is 3. The summed E-state index contributed by atoms with van der Waals surface area (Å²) in [6.45, 7) is 3.41. The number of hydrogen-bond donors (Lipinski definition) is 0. The van der Waals surface area contributed by atoms with Crippen molar-refractivity contribution in [2.75, 3.05) is 31.1 Å². The lowest BCUT2D eigenvalue weighted by Crippen LogP contribution is -2.44. The molecule has 0 spiro atoms. The van der Waals surface area contributed by atoms with E-state index in [1.54, 1.807) is 24.5 Å². The Morgan fingerprint density at radius 2 is 1.94 bits per heavy atom. The van der Waals surface area contributed by atoms with Crippen LogP contribution in [0.3, 0.4) is 0 Å². The summed E-state index contributed by atoms with van der Waals surface area (Å²) in [6.07, 6.45) is 8.67. The molecular formula is C24H26ClN5O2S. The summed E-state index contributed by atoms with van der Waals surface area (Å²) in [5.74, 6) is 1.30. The number of benzene rings is 1. The van der Waals surface area contributed by atoms with Crippen LogP contribution in [0.5, 0.6) is 5.75 Å². The zero-order valence-corrected chi connectivity index (χ0v) is 19.8. The summed E-state index contributed by atoms with van der Waals surface area (Å²) in [5, 5.41) is 5.03. The van der Waals surface area contributed by atoms with E-state index in [-0.39, 0.29) is 11.7 Å². The van der Waals surface area contributed by atoms with E-state index >= 15 is 0 Å². The standard InChI is InChI=1S/C24H26ClN5O2S/c25-19-5-1-6-20(14-19)30-24(31)23(32-21-7-2-8-21)22(16-27-30)28-10-12-29(13-11-28)33-17-18-4-3-9-26-15-18/h1,3-6,9,14-16,21H,2,7-8,10-13,17H2. The Balaban J connectivity index is 1.33. The molecule has 7 nitrogen and oxygen atoms in total. The summed E-state index contributed by atoms with van der Waals surface area (Å²) in [5.41, 5.74) is 2.39. The zero-order chi connectivity index (χ0) is 22.6. The van der Waals surface area contributed by atoms with Gasteiger partial charge in [-0.3, -0.25) is 9.78 Å². The molecule has 2 aromatic heterocycles. The van der Waals surface area contributed by atoms with E-state index in [1.807, 2.05) is 36.3 Å². The van der Waals surface area contributed by atoms with Crippen molar-refractivity contribution in [1.29, 1.82) is 0 Å². The summed E-state index contributed by atoms with van der Waals surface area (Å²) in [4.78, 5) is 19.8. The highest BCUT2D eigenvalue weighted by atomic mass is 35.5. The number of rotatable bonds is 7. The van der Waals surface area contributed by atoms with Gasteiger partial charge in [-0.2, -0.15) is 9.78 Å². The van der Waals surface area contributed by atoms with Gasteiger partial charge in [0, 0.05) is 49.3 Å². The second-order valence-corrected chi connectivity index (χ2v) is 9.78. The molecule has 0 atom stereocenters. The molecular weight excluding hydrogens is 458 g/mol. The lowest BCUT2D eigenvalue weighted by Gasteiger charge is -2.36. The predicted octanol–water partition coefficient (Wildman–Crippen LogP) is 4.18. The lowest BCUT2D eigenvalue weighted by atomic mass is 9.96. The first-order chi connectivity index (χ1) is 16.2. The molecule has 1 aliphatic carbocycles. The first-order valence-corrected chi connectivity index (χ1v) is 12.6. The third kappa shape index (κ3) is 5.18. The van der Waals surface area contributed by atoms with Crippen molar-refractivity contribution in [3.63, 3.8) is 0 Å². The van der Waals surface area contributed by atoms with Gasteiger partial charge in [0.15, 0.2) is 0 Å². The summed E-state index contributed by atoms with van der Waals surface area (Å²) < 4.78 is 9.97. The second kappa shape index (κ2) is 10.2. The van der Waals surface area contributed by atoms with Crippen molar-refractivity contribution in [3.05, 3.63) is 75.9 Å². The van der Waals surface area contributed by atoms with Gasteiger partial charge in [0.25, 0.3) is 0 Å². The van der Waals surface area contributed by atoms with Crippen LogP contribution in [0.4, 0.5) is 5.69 Å². The van der Waals surface area contributed by atoms with Crippen molar-refractivity contribution in [1.82, 2.24) is 19.1 Å². The van der Waals surface area contributed by atoms with Crippen LogP contribution in [0.2, 0.25) is 5.02 Å². The van der Waals surface area contributed by atoms with Gasteiger partial charge in [0.2, 0.25) is 5.75 Å². The molecule has 1 aliphatic heterocycles. The monoisotopic (exact) mass is 483 g/mol. The lowest BCUT2D eigenvalue weighted by molar-refractivity contribution is 0.118. The van der Waals surface area contributed by atoms with Crippen LogP contribution in [0.25, 0.3) is 5.69 Å². The molecule has 0 unspecified atom stereocenters. The molecule has 172 valence electrons. The maximum absolute atomic E-state index is 13.4. The number of halogens is 1. The van der Waals surface area contributed by atoms with Crippen LogP contribution in [-0.4, -0.2) is 51.4 Å². The normalized spacial score (nSPS) is 17.1. The largest absolute Gasteiger partial charge is 0.483 e. The second-order valence-electron chi connectivity index (χ2n) is 8.28. The SMILES string of the molecule is O=c1c(OC2CCC2)c(N2CCN(SCc3cccnc3)CC2)cnn1-c1cccc(Cl)c1. The van der Waals surface area contributed by atoms with E-state index in [1.165, 1.54) is 10.2 Å². The maximum atomic E-state index is 13.4. The van der Waals surface area contributed by atoms with E-state index in [2.05, 4.69) is 25.4 Å². The minimum atomic E-state index is -0.241. The molecule has 3 aromatic rings. The molecule has 1 saturated heterocycles. The molecule has 0 bridgehead atoms. The summed E-state index contributed by atoms with van der Waals surface area (Å²) in [7, 11) is 0. The number of hydrogen-bond acceptors (Lipinski definition) is 7. The highest BCUT2D eigenvalue weighted by Gasteiger charge is 2.27. The minimum Gasteiger partial charge on any atom is -0.483 e. The number of ether oxygens (including phenoxy) is 1. The van der Waals surface area contributed by atoms with Crippen molar-refractivity contribution in [3.8, 4) is 11.4 Å². The van der Waals surface area contributed by atoms with Gasteiger partial charge in [-0.1, -0.05) is 35.7 Å². The fraction of sp³-hybridized carbons (Fsp3) is 0.375. The molecule has 2 aliphatic rings. The Kier molecular flexibility index (Phi) is 6.85. The molecule has 33 heavy (non-hydrogen) atoms. The third-order valence-corrected chi connectivity index (χ3v) is 7.45. The fourth-order valence-corrected chi connectivity index (χ4v) is 5.03. The first kappa shape index (κ1) is 22.3. The van der Waals surface area contributed by atoms with Gasteiger partial charge in [-0.15, -0.1) is 0 Å². The minimum absolute atomic E-state index is 0.1000. The van der Waals surface area contributed by atoms with Crippen molar-refractivity contribution in [2.24, 2.45) is 0 Å². The summed E-state index contributed by atoms with van der Waals surface area (Å²) >= 11 is 7.96. The number of nitrogens with zero attached hydrogens (tertiary/aromatic N) is 5. The van der Waals surface area contributed by atoms with Gasteiger partial charge in [-0.05, 0) is 49.1 Å². The van der Waals surface area contributed by atoms with Crippen LogP contribution in [0.15, 0.2) is 59.8 Å². The Morgan fingerprint density at radius 3 is 2.64 bits per heavy atom. The van der Waals surface area contributed by atoms with Crippen LogP contribution < -0.4 is 15.2 Å². The van der Waals surface area contributed by atoms with Gasteiger partial charge in [0.05, 0.1) is 18.0 Å². The average Bonchev–Trinajstić information content (AvgIpc) is 2.82. The molecule has 1 saturated carbocycles. The van der Waals surface area contributed by atoms with E-state index < -0.39 is 0 Å². The first-order valence-electron chi connectivity index (χ1n) is 11.2. The van der Waals surface area contributed by atoms with Crippen LogP contribution in [0.1, 0.15) is 24.8 Å². The predicted molar refractivity (Wildman–Crippen MR) is 132 cm³/mol. The highest BCUT2D eigenvalue weighted by molar-refractivity contribution is 7.96. The number of piperazine rings is 1. The average molecular weight is 484 g/mol. The third-order valence-electron chi connectivity index (χ3n) is 6.02. The molecule has 9 heteroatoms. The van der Waals surface area contributed by atoms with Crippen LogP contribution in [-0.2, 0) is 5.75 Å². The fourth-order valence-electron chi connectivity index (χ4n) is 3.92. The molecule has 1 aromatic carbocycles. The Bertz CT molecular complexity index is 1150. The Labute approximate surface area is 202 Å². The Hall–Kier alpha value is -2.55. The smallest absolute Gasteiger partial charge is 0.316 e. The van der Waals surface area contributed by atoms with Crippen LogP contribution in [0, 0.1) is 0 Å². The van der Waals surface area contributed by atoms with Gasteiger partial charge in [0.1, 0.15) is 5.69 Å². The Morgan fingerprint density at radius 1 is 1.09 bits per heavy atom. The van der Waals surface area contributed by atoms with Crippen molar-refractivity contribution in [2.45, 2.75) is 31.1 Å². The van der Waals surface area contributed by atoms with E-state index in [9.17, 15) is 4.79 Å². The quantitative estimate of drug-likeness (QED) is 0.467. The molecule has 2 fully saturated rings.